The van der Waals surface area contributed by atoms with Gasteiger partial charge in [0.2, 0.25) is 0 Å². The van der Waals surface area contributed by atoms with Crippen LogP contribution in [0, 0.1) is 0 Å². The van der Waals surface area contributed by atoms with Crippen LogP contribution in [0.3, 0.4) is 0 Å². The monoisotopic (exact) mass is 122 g/mol. The van der Waals surface area contributed by atoms with Crippen LogP contribution in [0.25, 0.3) is 0 Å². The highest BCUT2D eigenvalue weighted by molar-refractivity contribution is 5.13. The van der Waals surface area contributed by atoms with Crippen LogP contribution in [0.5, 0.6) is 0 Å². The van der Waals surface area contributed by atoms with Gasteiger partial charge in [0, 0.05) is 6.42 Å². The minimum absolute atomic E-state index is 0.708. The topological polar surface area (TPSA) is 9.23 Å². The van der Waals surface area contributed by atoms with E-state index in [4.69, 9.17) is 4.74 Å². The molecular formula is C8H10O. The zero-order chi connectivity index (χ0) is 6.53. The third-order valence-corrected chi connectivity index (χ3v) is 1.13. The molecule has 1 aliphatic rings. The molecule has 0 aromatic carbocycles. The zero-order valence-corrected chi connectivity index (χ0v) is 5.34. The van der Waals surface area contributed by atoms with Crippen molar-refractivity contribution < 1.29 is 4.74 Å². The van der Waals surface area contributed by atoms with Gasteiger partial charge in [-0.1, -0.05) is 12.2 Å². The minimum Gasteiger partial charge on any atom is -0.494 e. The summed E-state index contributed by atoms with van der Waals surface area (Å²) in [5.74, 6) is 1.01. The van der Waals surface area contributed by atoms with Gasteiger partial charge in [-0.3, -0.25) is 0 Å². The molecule has 0 spiro atoms. The van der Waals surface area contributed by atoms with Gasteiger partial charge in [-0.05, 0) is 12.2 Å². The molecule has 0 saturated heterocycles. The lowest BCUT2D eigenvalue weighted by Gasteiger charge is -2.07. The Morgan fingerprint density at radius 3 is 3.22 bits per heavy atom. The normalized spacial score (nSPS) is 16.2. The van der Waals surface area contributed by atoms with Crippen LogP contribution >= 0.6 is 0 Å². The molecule has 0 aliphatic carbocycles. The molecule has 0 N–H and O–H groups in total. The van der Waals surface area contributed by atoms with E-state index in [0.29, 0.717) is 6.61 Å². The van der Waals surface area contributed by atoms with Crippen LogP contribution in [0.2, 0.25) is 0 Å². The fourth-order valence-corrected chi connectivity index (χ4v) is 0.703. The zero-order valence-electron chi connectivity index (χ0n) is 5.34. The lowest BCUT2D eigenvalue weighted by Crippen LogP contribution is -1.94. The smallest absolute Gasteiger partial charge is 0.106 e. The predicted octanol–water partition coefficient (Wildman–Crippen LogP) is 2.03. The second-order valence-corrected chi connectivity index (χ2v) is 1.86. The molecule has 1 heterocycles. The highest BCUT2D eigenvalue weighted by Crippen LogP contribution is 2.07. The summed E-state index contributed by atoms with van der Waals surface area (Å²) in [6.07, 6.45) is 8.62. The third-order valence-electron chi connectivity index (χ3n) is 1.13. The van der Waals surface area contributed by atoms with Gasteiger partial charge in [0.05, 0.1) is 0 Å². The van der Waals surface area contributed by atoms with Gasteiger partial charge in [0.1, 0.15) is 12.4 Å². The van der Waals surface area contributed by atoms with Gasteiger partial charge in [-0.15, -0.1) is 6.58 Å². The van der Waals surface area contributed by atoms with Crippen LogP contribution in [0.1, 0.15) is 6.42 Å². The van der Waals surface area contributed by atoms with Crippen molar-refractivity contribution in [2.45, 2.75) is 6.42 Å². The summed E-state index contributed by atoms with van der Waals surface area (Å²) in [7, 11) is 0. The maximum Gasteiger partial charge on any atom is 0.106 e. The first kappa shape index (κ1) is 6.14. The molecule has 0 unspecified atom stereocenters. The van der Waals surface area contributed by atoms with Gasteiger partial charge >= 0.3 is 0 Å². The molecule has 0 aromatic heterocycles. The van der Waals surface area contributed by atoms with Gasteiger partial charge in [0.15, 0.2) is 0 Å². The van der Waals surface area contributed by atoms with Gasteiger partial charge in [0.25, 0.3) is 0 Å². The molecule has 0 aromatic rings. The van der Waals surface area contributed by atoms with Crippen molar-refractivity contribution in [2.75, 3.05) is 6.61 Å². The predicted molar refractivity (Wildman–Crippen MR) is 38.0 cm³/mol. The average molecular weight is 122 g/mol. The molecule has 1 nitrogen and oxygen atoms in total. The summed E-state index contributed by atoms with van der Waals surface area (Å²) in [4.78, 5) is 0. The maximum absolute atomic E-state index is 5.22. The molecule has 0 atom stereocenters. The summed E-state index contributed by atoms with van der Waals surface area (Å²) in [6, 6.07) is 0. The maximum atomic E-state index is 5.22. The second kappa shape index (κ2) is 3.13. The molecule has 0 bridgehead atoms. The quantitative estimate of drug-likeness (QED) is 0.509. The Kier molecular flexibility index (Phi) is 2.13. The second-order valence-electron chi connectivity index (χ2n) is 1.86. The molecule has 1 heteroatoms. The molecule has 0 fully saturated rings. The summed E-state index contributed by atoms with van der Waals surface area (Å²) < 4.78 is 5.22. The van der Waals surface area contributed by atoms with E-state index in [2.05, 4.69) is 6.58 Å². The summed E-state index contributed by atoms with van der Waals surface area (Å²) in [5, 5.41) is 0. The van der Waals surface area contributed by atoms with E-state index in [1.165, 1.54) is 0 Å². The van der Waals surface area contributed by atoms with E-state index >= 15 is 0 Å². The van der Waals surface area contributed by atoms with Crippen molar-refractivity contribution >= 4 is 0 Å². The Morgan fingerprint density at radius 2 is 2.67 bits per heavy atom. The van der Waals surface area contributed by atoms with E-state index in [1.807, 2.05) is 24.3 Å². The molecule has 0 saturated carbocycles. The Balaban J connectivity index is 2.47. The van der Waals surface area contributed by atoms with Gasteiger partial charge in [-0.2, -0.15) is 0 Å². The lowest BCUT2D eigenvalue weighted by atomic mass is 10.3. The Labute approximate surface area is 55.3 Å². The van der Waals surface area contributed by atoms with Gasteiger partial charge < -0.3 is 4.74 Å². The van der Waals surface area contributed by atoms with Crippen molar-refractivity contribution in [1.82, 2.24) is 0 Å². The fourth-order valence-electron chi connectivity index (χ4n) is 0.703. The van der Waals surface area contributed by atoms with Crippen LogP contribution < -0.4 is 0 Å². The summed E-state index contributed by atoms with van der Waals surface area (Å²) in [6.45, 7) is 4.32. The Morgan fingerprint density at radius 1 is 1.78 bits per heavy atom. The summed E-state index contributed by atoms with van der Waals surface area (Å²) >= 11 is 0. The van der Waals surface area contributed by atoms with E-state index in [0.717, 1.165) is 12.2 Å². The summed E-state index contributed by atoms with van der Waals surface area (Å²) in [5.41, 5.74) is 0. The van der Waals surface area contributed by atoms with E-state index < -0.39 is 0 Å². The molecule has 1 rings (SSSR count). The van der Waals surface area contributed by atoms with E-state index in [-0.39, 0.29) is 0 Å². The van der Waals surface area contributed by atoms with Crippen LogP contribution in [-0.2, 0) is 4.74 Å². The van der Waals surface area contributed by atoms with Crippen LogP contribution in [-0.4, -0.2) is 6.61 Å². The average Bonchev–Trinajstić information content (AvgIpc) is 1.91. The highest BCUT2D eigenvalue weighted by atomic mass is 16.5. The van der Waals surface area contributed by atoms with Crippen molar-refractivity contribution in [1.29, 1.82) is 0 Å². The molecule has 9 heavy (non-hydrogen) atoms. The molecule has 0 radical (unpaired) electrons. The van der Waals surface area contributed by atoms with E-state index in [9.17, 15) is 0 Å². The SMILES string of the molecule is C=CCC1=CC=CCO1. The first-order valence-electron chi connectivity index (χ1n) is 3.03. The van der Waals surface area contributed by atoms with Crippen molar-refractivity contribution in [2.24, 2.45) is 0 Å². The first-order chi connectivity index (χ1) is 4.43. The van der Waals surface area contributed by atoms with Gasteiger partial charge in [-0.25, -0.2) is 0 Å². The van der Waals surface area contributed by atoms with Crippen molar-refractivity contribution in [3.63, 3.8) is 0 Å². The minimum atomic E-state index is 0.708. The standard InChI is InChI=1S/C8H10O/c1-2-5-8-6-3-4-7-9-8/h2-4,6H,1,5,7H2. The number of ether oxygens (including phenoxy) is 1. The number of hydrogen-bond donors (Lipinski definition) is 0. The molecule has 0 amide bonds. The lowest BCUT2D eigenvalue weighted by molar-refractivity contribution is 0.238. The third kappa shape index (κ3) is 1.76. The van der Waals surface area contributed by atoms with E-state index in [1.54, 1.807) is 0 Å². The number of hydrogen-bond acceptors (Lipinski definition) is 1. The van der Waals surface area contributed by atoms with Crippen LogP contribution in [0.4, 0.5) is 0 Å². The van der Waals surface area contributed by atoms with Crippen molar-refractivity contribution in [3.05, 3.63) is 36.6 Å². The molecule has 48 valence electrons. The Hall–Kier alpha value is -0.980. The van der Waals surface area contributed by atoms with Crippen LogP contribution in [0.15, 0.2) is 36.6 Å². The first-order valence-corrected chi connectivity index (χ1v) is 3.03. The fraction of sp³-hybridized carbons (Fsp3) is 0.250. The van der Waals surface area contributed by atoms with Crippen molar-refractivity contribution in [3.8, 4) is 0 Å². The highest BCUT2D eigenvalue weighted by Gasteiger charge is 1.94. The molecule has 1 aliphatic heterocycles. The number of allylic oxidation sites excluding steroid dienone is 3. The molecular weight excluding hydrogens is 112 g/mol. The number of rotatable bonds is 2. The largest absolute Gasteiger partial charge is 0.494 e. The Bertz CT molecular complexity index is 154.